The minimum absolute atomic E-state index is 0.356. The van der Waals surface area contributed by atoms with Gasteiger partial charge in [0, 0.05) is 0 Å². The van der Waals surface area contributed by atoms with E-state index in [0.717, 1.165) is 25.7 Å². The minimum Gasteiger partial charge on any atom is -0.272 e. The van der Waals surface area contributed by atoms with Crippen LogP contribution >= 0.6 is 0 Å². The molecule has 12 heavy (non-hydrogen) atoms. The predicted molar refractivity (Wildman–Crippen MR) is 49.6 cm³/mol. The number of hydrogen-bond acceptors (Lipinski definition) is 3. The molecule has 0 rings (SSSR count). The second kappa shape index (κ2) is 7.55. The zero-order chi connectivity index (χ0) is 9.40. The molecule has 4 heteroatoms. The molecule has 0 aromatic heterocycles. The van der Waals surface area contributed by atoms with Gasteiger partial charge < -0.3 is 0 Å². The molecule has 0 aliphatic heterocycles. The van der Waals surface area contributed by atoms with E-state index in [1.807, 2.05) is 0 Å². The summed E-state index contributed by atoms with van der Waals surface area (Å²) >= 11 is 0. The lowest BCUT2D eigenvalue weighted by molar-refractivity contribution is 0.247. The topological polar surface area (TPSA) is 43.4 Å². The van der Waals surface area contributed by atoms with Gasteiger partial charge in [-0.25, -0.2) is 8.42 Å². The summed E-state index contributed by atoms with van der Waals surface area (Å²) in [6.07, 6.45) is 4.36. The normalized spacial score (nSPS) is 13.6. The van der Waals surface area contributed by atoms with Crippen LogP contribution in [0.3, 0.4) is 0 Å². The highest BCUT2D eigenvalue weighted by Crippen LogP contribution is 2.12. The van der Waals surface area contributed by atoms with Gasteiger partial charge in [-0.3, -0.25) is 4.18 Å². The Bertz CT molecular complexity index is 158. The van der Waals surface area contributed by atoms with Gasteiger partial charge in [0.1, 0.15) is 0 Å². The van der Waals surface area contributed by atoms with Gasteiger partial charge in [0.15, 0.2) is 0 Å². The van der Waals surface area contributed by atoms with Crippen LogP contribution in [0.4, 0.5) is 0 Å². The fourth-order valence-electron chi connectivity index (χ4n) is 1.06. The molecular formula is C8H18O3S. The van der Waals surface area contributed by atoms with Crippen molar-refractivity contribution in [3.8, 4) is 0 Å². The van der Waals surface area contributed by atoms with Gasteiger partial charge in [-0.1, -0.05) is 33.1 Å². The lowest BCUT2D eigenvalue weighted by atomic mass is 10.0. The molecule has 0 heterocycles. The van der Waals surface area contributed by atoms with Gasteiger partial charge in [0.05, 0.1) is 6.61 Å². The molecule has 1 unspecified atom stereocenters. The summed E-state index contributed by atoms with van der Waals surface area (Å²) in [5, 5.41) is 0. The van der Waals surface area contributed by atoms with Crippen LogP contribution in [0.15, 0.2) is 0 Å². The summed E-state index contributed by atoms with van der Waals surface area (Å²) in [4.78, 5) is 0. The van der Waals surface area contributed by atoms with Crippen molar-refractivity contribution in [1.82, 2.24) is 0 Å². The molecule has 0 aliphatic carbocycles. The Morgan fingerprint density at radius 3 is 2.42 bits per heavy atom. The first kappa shape index (κ1) is 11.9. The van der Waals surface area contributed by atoms with Gasteiger partial charge >= 0.3 is 0 Å². The summed E-state index contributed by atoms with van der Waals surface area (Å²) in [7, 11) is -2.65. The number of hydrogen-bond donors (Lipinski definition) is 1. The van der Waals surface area contributed by atoms with E-state index in [4.69, 9.17) is 0 Å². The Kier molecular flexibility index (Phi) is 7.50. The molecule has 0 radical (unpaired) electrons. The fraction of sp³-hybridized carbons (Fsp3) is 1.00. The summed E-state index contributed by atoms with van der Waals surface area (Å²) in [6.45, 7) is 4.54. The van der Waals surface area contributed by atoms with Crippen LogP contribution < -0.4 is 0 Å². The van der Waals surface area contributed by atoms with Crippen molar-refractivity contribution < 1.29 is 12.6 Å². The molecule has 0 N–H and O–H groups in total. The maximum Gasteiger partial charge on any atom is 0.257 e. The second-order valence-corrected chi connectivity index (χ2v) is 3.64. The molecular weight excluding hydrogens is 176 g/mol. The highest BCUT2D eigenvalue weighted by atomic mass is 32.2. The Labute approximate surface area is 76.3 Å². The molecule has 3 nitrogen and oxygen atoms in total. The van der Waals surface area contributed by atoms with Crippen LogP contribution in [-0.4, -0.2) is 15.0 Å². The van der Waals surface area contributed by atoms with Crippen LogP contribution in [0.5, 0.6) is 0 Å². The highest BCUT2D eigenvalue weighted by Gasteiger charge is 2.05. The molecule has 74 valence electrons. The Morgan fingerprint density at radius 1 is 1.33 bits per heavy atom. The van der Waals surface area contributed by atoms with E-state index >= 15 is 0 Å². The van der Waals surface area contributed by atoms with E-state index in [-0.39, 0.29) is 0 Å². The number of thiol groups is 1. The van der Waals surface area contributed by atoms with Gasteiger partial charge in [0.2, 0.25) is 0 Å². The lowest BCUT2D eigenvalue weighted by Gasteiger charge is -2.11. The van der Waals surface area contributed by atoms with Crippen LogP contribution in [0.25, 0.3) is 0 Å². The fourth-order valence-corrected chi connectivity index (χ4v) is 1.40. The van der Waals surface area contributed by atoms with Crippen molar-refractivity contribution in [1.29, 1.82) is 0 Å². The molecule has 0 aromatic rings. The molecule has 0 amide bonds. The lowest BCUT2D eigenvalue weighted by Crippen LogP contribution is -2.07. The molecule has 0 aliphatic rings. The quantitative estimate of drug-likeness (QED) is 0.628. The van der Waals surface area contributed by atoms with Crippen LogP contribution in [-0.2, 0) is 15.2 Å². The third-order valence-electron chi connectivity index (χ3n) is 1.96. The standard InChI is InChI=1S/C8H18O3S/c1-3-5-6-8(4-2)7-11-12(9)10/h8,12H,3-7H2,1-2H3. The van der Waals surface area contributed by atoms with E-state index in [0.29, 0.717) is 12.5 Å². The zero-order valence-corrected chi connectivity index (χ0v) is 8.68. The van der Waals surface area contributed by atoms with E-state index < -0.39 is 11.0 Å². The van der Waals surface area contributed by atoms with Crippen molar-refractivity contribution in [3.05, 3.63) is 0 Å². The van der Waals surface area contributed by atoms with E-state index in [9.17, 15) is 8.42 Å². The molecule has 1 atom stereocenters. The van der Waals surface area contributed by atoms with Crippen LogP contribution in [0.1, 0.15) is 39.5 Å². The highest BCUT2D eigenvalue weighted by molar-refractivity contribution is 7.67. The van der Waals surface area contributed by atoms with Crippen molar-refractivity contribution in [3.63, 3.8) is 0 Å². The average molecular weight is 194 g/mol. The smallest absolute Gasteiger partial charge is 0.257 e. The second-order valence-electron chi connectivity index (χ2n) is 2.94. The minimum atomic E-state index is -2.65. The summed E-state index contributed by atoms with van der Waals surface area (Å²) in [6, 6.07) is 0. The average Bonchev–Trinajstić information content (AvgIpc) is 2.05. The zero-order valence-electron chi connectivity index (χ0n) is 7.78. The third kappa shape index (κ3) is 6.61. The van der Waals surface area contributed by atoms with Crippen molar-refractivity contribution in [2.45, 2.75) is 39.5 Å². The van der Waals surface area contributed by atoms with Crippen molar-refractivity contribution in [2.75, 3.05) is 6.61 Å². The molecule has 0 saturated heterocycles. The summed E-state index contributed by atoms with van der Waals surface area (Å²) in [5.41, 5.74) is 0. The predicted octanol–water partition coefficient (Wildman–Crippen LogP) is 1.75. The Hall–Kier alpha value is -0.0900. The van der Waals surface area contributed by atoms with Crippen LogP contribution in [0, 0.1) is 5.92 Å². The molecule has 0 bridgehead atoms. The van der Waals surface area contributed by atoms with Crippen molar-refractivity contribution in [2.24, 2.45) is 5.92 Å². The van der Waals surface area contributed by atoms with Gasteiger partial charge in [0.25, 0.3) is 11.0 Å². The first-order valence-corrected chi connectivity index (χ1v) is 5.57. The maximum absolute atomic E-state index is 10.1. The first-order chi connectivity index (χ1) is 5.70. The SMILES string of the molecule is CCCCC(CC)CO[SH](=O)=O. The Balaban J connectivity index is 3.52. The molecule has 0 aromatic carbocycles. The monoisotopic (exact) mass is 194 g/mol. The van der Waals surface area contributed by atoms with Gasteiger partial charge in [-0.05, 0) is 12.3 Å². The summed E-state index contributed by atoms with van der Waals surface area (Å²) in [5.74, 6) is 0.401. The van der Waals surface area contributed by atoms with Crippen LogP contribution in [0.2, 0.25) is 0 Å². The third-order valence-corrected chi connectivity index (χ3v) is 2.32. The van der Waals surface area contributed by atoms with E-state index in [1.165, 1.54) is 0 Å². The van der Waals surface area contributed by atoms with E-state index in [2.05, 4.69) is 18.0 Å². The number of unbranched alkanes of at least 4 members (excludes halogenated alkanes) is 1. The maximum atomic E-state index is 10.1. The molecule has 0 saturated carbocycles. The van der Waals surface area contributed by atoms with Crippen molar-refractivity contribution >= 4 is 11.0 Å². The largest absolute Gasteiger partial charge is 0.272 e. The number of rotatable bonds is 7. The Morgan fingerprint density at radius 2 is 2.00 bits per heavy atom. The van der Waals surface area contributed by atoms with Gasteiger partial charge in [-0.15, -0.1) is 0 Å². The molecule has 0 fully saturated rings. The van der Waals surface area contributed by atoms with Gasteiger partial charge in [-0.2, -0.15) is 0 Å². The first-order valence-electron chi connectivity index (χ1n) is 4.48. The molecule has 0 spiro atoms. The van der Waals surface area contributed by atoms with E-state index in [1.54, 1.807) is 0 Å². The summed E-state index contributed by atoms with van der Waals surface area (Å²) < 4.78 is 24.8.